The second-order valence-corrected chi connectivity index (χ2v) is 13.8. The Balaban J connectivity index is 1.79. The summed E-state index contributed by atoms with van der Waals surface area (Å²) in [6, 6.07) is 0. The van der Waals surface area contributed by atoms with Crippen LogP contribution in [0.1, 0.15) is 55.7 Å². The first-order valence-corrected chi connectivity index (χ1v) is 15.2. The molecule has 1 fully saturated rings. The van der Waals surface area contributed by atoms with E-state index in [1.54, 1.807) is 6.92 Å². The molecule has 190 valence electrons. The quantitative estimate of drug-likeness (QED) is 0.407. The molecule has 34 heavy (non-hydrogen) atoms. The predicted molar refractivity (Wildman–Crippen MR) is 119 cm³/mol. The number of phosphoric ester groups is 1. The summed E-state index contributed by atoms with van der Waals surface area (Å²) >= 11 is 0. The highest BCUT2D eigenvalue weighted by Gasteiger charge is 2.51. The fourth-order valence-electron chi connectivity index (χ4n) is 4.15. The number of allylic oxidation sites excluding steroid dienone is 1. The minimum absolute atomic E-state index is 0.153. The number of aromatic nitrogens is 2. The molecule has 7 atom stereocenters. The summed E-state index contributed by atoms with van der Waals surface area (Å²) in [5, 5.41) is 7.95. The molecule has 0 aromatic carbocycles. The fraction of sp³-hybridized carbons (Fsp3) is 0.611. The van der Waals surface area contributed by atoms with Crippen LogP contribution in [0.4, 0.5) is 0 Å². The Morgan fingerprint density at radius 3 is 2.44 bits per heavy atom. The summed E-state index contributed by atoms with van der Waals surface area (Å²) in [4.78, 5) is 40.8. The van der Waals surface area contributed by atoms with Gasteiger partial charge in [0.15, 0.2) is 5.78 Å². The van der Waals surface area contributed by atoms with Gasteiger partial charge in [-0.15, -0.1) is 5.10 Å². The third kappa shape index (κ3) is 5.99. The van der Waals surface area contributed by atoms with Crippen molar-refractivity contribution in [2.24, 2.45) is 11.8 Å². The Hall–Kier alpha value is -1.10. The van der Waals surface area contributed by atoms with Crippen LogP contribution in [0.2, 0.25) is 0 Å². The van der Waals surface area contributed by atoms with Gasteiger partial charge >= 0.3 is 23.2 Å². The molecule has 1 aliphatic heterocycles. The molecule has 1 aromatic rings. The number of carbonyl (C=O) groups is 1. The number of fused-ring (bicyclic) bond motifs is 1. The maximum atomic E-state index is 12.4. The number of carbonyl (C=O) groups excluding carboxylic acids is 1. The van der Waals surface area contributed by atoms with E-state index >= 15 is 0 Å². The number of hydrogen-bond donors (Lipinski definition) is 3. The average molecular weight is 540 g/mol. The van der Waals surface area contributed by atoms with Crippen molar-refractivity contribution in [2.45, 2.75) is 45.8 Å². The van der Waals surface area contributed by atoms with Crippen LogP contribution in [0.15, 0.2) is 11.8 Å². The smallest absolute Gasteiger partial charge is 0.364 e. The second-order valence-electron chi connectivity index (χ2n) is 8.72. The van der Waals surface area contributed by atoms with Gasteiger partial charge in [0.05, 0.1) is 24.5 Å². The van der Waals surface area contributed by atoms with Crippen molar-refractivity contribution in [3.8, 4) is 0 Å². The van der Waals surface area contributed by atoms with Crippen LogP contribution in [-0.2, 0) is 37.2 Å². The minimum Gasteiger partial charge on any atom is -0.364 e. The first kappa shape index (κ1) is 27.5. The summed E-state index contributed by atoms with van der Waals surface area (Å²) in [6.07, 6.45) is 2.87. The molecule has 0 amide bonds. The number of ether oxygens (including phenoxy) is 1. The van der Waals surface area contributed by atoms with E-state index in [9.17, 15) is 28.3 Å². The zero-order chi connectivity index (χ0) is 25.7. The van der Waals surface area contributed by atoms with Gasteiger partial charge in [-0.25, -0.2) is 13.4 Å². The van der Waals surface area contributed by atoms with E-state index in [2.05, 4.69) is 18.8 Å². The number of nitrogens with zero attached hydrogens (tertiary/aromatic N) is 2. The second kappa shape index (κ2) is 9.41. The van der Waals surface area contributed by atoms with Gasteiger partial charge in [-0.05, 0) is 25.7 Å². The molecular weight excluding hydrogens is 513 g/mol. The molecule has 1 saturated heterocycles. The average Bonchev–Trinajstić information content (AvgIpc) is 2.88. The molecule has 0 spiro atoms. The van der Waals surface area contributed by atoms with Crippen molar-refractivity contribution in [3.05, 3.63) is 28.6 Å². The van der Waals surface area contributed by atoms with E-state index in [4.69, 9.17) is 14.2 Å². The van der Waals surface area contributed by atoms with Crippen molar-refractivity contribution in [2.75, 3.05) is 13.3 Å². The topological polar surface area (TPSA) is 192 Å². The Morgan fingerprint density at radius 2 is 1.82 bits per heavy atom. The van der Waals surface area contributed by atoms with Gasteiger partial charge in [0.2, 0.25) is 0 Å². The van der Waals surface area contributed by atoms with Crippen molar-refractivity contribution < 1.29 is 51.1 Å². The first-order chi connectivity index (χ1) is 15.4. The van der Waals surface area contributed by atoms with Gasteiger partial charge in [-0.2, -0.15) is 9.41 Å². The van der Waals surface area contributed by atoms with E-state index < -0.39 is 41.6 Å². The third-order valence-corrected chi connectivity index (χ3v) is 10.2. The van der Waals surface area contributed by atoms with Gasteiger partial charge in [-0.3, -0.25) is 13.9 Å². The highest BCUT2D eigenvalue weighted by molar-refractivity contribution is 7.68. The summed E-state index contributed by atoms with van der Waals surface area (Å²) in [5.74, 6) is -0.560. The van der Waals surface area contributed by atoms with Gasteiger partial charge in [0.1, 0.15) is 5.69 Å². The van der Waals surface area contributed by atoms with Gasteiger partial charge < -0.3 is 19.4 Å². The summed E-state index contributed by atoms with van der Waals surface area (Å²) in [6.45, 7) is 7.48. The number of phosphoric acid groups is 2. The van der Waals surface area contributed by atoms with E-state index in [0.717, 1.165) is 5.57 Å². The lowest BCUT2D eigenvalue weighted by Gasteiger charge is -2.32. The van der Waals surface area contributed by atoms with Crippen LogP contribution in [0.3, 0.4) is 0 Å². The molecule has 16 heteroatoms. The van der Waals surface area contributed by atoms with Gasteiger partial charge in [0, 0.05) is 24.2 Å². The van der Waals surface area contributed by atoms with Crippen molar-refractivity contribution in [1.29, 1.82) is 0 Å². The van der Waals surface area contributed by atoms with Crippen LogP contribution < -0.4 is 0 Å². The maximum Gasteiger partial charge on any atom is 0.488 e. The summed E-state index contributed by atoms with van der Waals surface area (Å²) in [5.41, 5.74) is 1.38. The lowest BCUT2D eigenvalue weighted by Crippen LogP contribution is -2.31. The molecule has 3 N–H and O–H groups in total. The Labute approximate surface area is 196 Å². The lowest BCUT2D eigenvalue weighted by atomic mass is 9.76. The molecule has 2 aliphatic rings. The van der Waals surface area contributed by atoms with E-state index in [1.807, 2.05) is 26.8 Å². The third-order valence-electron chi connectivity index (χ3n) is 6.02. The van der Waals surface area contributed by atoms with Gasteiger partial charge in [-0.1, -0.05) is 25.5 Å². The van der Waals surface area contributed by atoms with Crippen molar-refractivity contribution in [1.82, 2.24) is 10.2 Å². The molecule has 1 aromatic heterocycles. The molecule has 0 radical (unpaired) electrons. The Kier molecular flexibility index (Phi) is 7.61. The van der Waals surface area contributed by atoms with E-state index in [0.29, 0.717) is 17.8 Å². The number of hydrogen-bond acceptors (Lipinski definition) is 10. The van der Waals surface area contributed by atoms with E-state index in [1.165, 1.54) is 6.20 Å². The molecule has 0 bridgehead atoms. The van der Waals surface area contributed by atoms with Crippen LogP contribution in [0.5, 0.6) is 0 Å². The molecule has 3 unspecified atom stereocenters. The standard InChI is InChI=1S/C18H27N2O11P3/c1-10-6-13-14(8-19-20-17(13)15(21)7-10)18(4)12(3)11(2)16(29-18)9-28-33(24,25)31-34(26,27)30-32(5,22)23/h6,8,11-12,16H,7,9H2,1-5H3,(H,22,23)(H,24,25)(H,26,27)/t11-,12+,16+,18+/m0/s1. The zero-order valence-electron chi connectivity index (χ0n) is 19.1. The van der Waals surface area contributed by atoms with E-state index in [-0.39, 0.29) is 29.7 Å². The van der Waals surface area contributed by atoms with Crippen molar-refractivity contribution in [3.63, 3.8) is 0 Å². The molecule has 2 heterocycles. The molecule has 1 aliphatic carbocycles. The molecule has 3 rings (SSSR count). The normalized spacial score (nSPS) is 32.3. The van der Waals surface area contributed by atoms with Crippen LogP contribution in [0.25, 0.3) is 6.08 Å². The zero-order valence-corrected chi connectivity index (χ0v) is 21.8. The highest BCUT2D eigenvalue weighted by Crippen LogP contribution is 2.66. The molecule has 0 saturated carbocycles. The molecular formula is C18H27N2O11P3. The van der Waals surface area contributed by atoms with Gasteiger partial charge in [0.25, 0.3) is 0 Å². The fourth-order valence-corrected chi connectivity index (χ4v) is 7.64. The summed E-state index contributed by atoms with van der Waals surface area (Å²) in [7, 11) is -15.0. The number of Topliss-reactive ketones (excluding diaryl/α,β-unsaturated/α-hetero) is 1. The maximum absolute atomic E-state index is 12.4. The largest absolute Gasteiger partial charge is 0.488 e. The monoisotopic (exact) mass is 540 g/mol. The lowest BCUT2D eigenvalue weighted by molar-refractivity contribution is -0.0656. The minimum atomic E-state index is -5.37. The highest BCUT2D eigenvalue weighted by atomic mass is 31.3. The number of rotatable bonds is 8. The SMILES string of the molecule is CC1=Cc2c([C@]3(C)O[C@H](COP(=O)(O)OP(=O)(O)OP(C)(=O)O)[C@@H](C)[C@H]3C)cnnc2C(=O)C1. The van der Waals surface area contributed by atoms with Crippen LogP contribution >= 0.6 is 23.2 Å². The van der Waals surface area contributed by atoms with Crippen LogP contribution in [-0.4, -0.2) is 50.0 Å². The summed E-state index contributed by atoms with van der Waals surface area (Å²) < 4.78 is 54.2. The van der Waals surface area contributed by atoms with Crippen molar-refractivity contribution >= 4 is 35.1 Å². The van der Waals surface area contributed by atoms with Crippen LogP contribution in [0, 0.1) is 11.8 Å². The molecule has 13 nitrogen and oxygen atoms in total. The Bertz CT molecular complexity index is 1170. The predicted octanol–water partition coefficient (Wildman–Crippen LogP) is 3.42. The Morgan fingerprint density at radius 1 is 1.18 bits per heavy atom. The first-order valence-electron chi connectivity index (χ1n) is 10.2. The number of ketones is 1.